The minimum Gasteiger partial charge on any atom is -0.358 e. The summed E-state index contributed by atoms with van der Waals surface area (Å²) in [4.78, 5) is 14.2. The molecule has 0 radical (unpaired) electrons. The van der Waals surface area contributed by atoms with Crippen LogP contribution in [0, 0.1) is 10.1 Å². The maximum atomic E-state index is 10.7. The van der Waals surface area contributed by atoms with E-state index in [0.29, 0.717) is 28.8 Å². The Balaban J connectivity index is 2.40. The van der Waals surface area contributed by atoms with E-state index in [1.54, 1.807) is 22.8 Å². The van der Waals surface area contributed by atoms with E-state index in [2.05, 4.69) is 4.98 Å². The topological polar surface area (TPSA) is 61.0 Å². The molecule has 7 heteroatoms. The van der Waals surface area contributed by atoms with Crippen LogP contribution in [0.2, 0.25) is 10.0 Å². The SMILES string of the molecule is CCc1nc([N+](=O)[O-])cn1Cc1c(Cl)cccc1Cl. The molecule has 0 atom stereocenters. The monoisotopic (exact) mass is 299 g/mol. The number of nitro groups is 1. The van der Waals surface area contributed by atoms with Gasteiger partial charge in [0.1, 0.15) is 6.20 Å². The lowest BCUT2D eigenvalue weighted by Gasteiger charge is -2.08. The molecule has 0 aliphatic carbocycles. The van der Waals surface area contributed by atoms with Crippen molar-refractivity contribution in [3.05, 3.63) is 55.9 Å². The first-order valence-corrected chi connectivity index (χ1v) is 6.41. The van der Waals surface area contributed by atoms with Gasteiger partial charge in [-0.3, -0.25) is 0 Å². The molecule has 19 heavy (non-hydrogen) atoms. The number of benzene rings is 1. The Bertz CT molecular complexity index is 605. The Morgan fingerprint density at radius 2 is 2.00 bits per heavy atom. The molecular weight excluding hydrogens is 289 g/mol. The van der Waals surface area contributed by atoms with Gasteiger partial charge in [-0.15, -0.1) is 0 Å². The molecule has 2 aromatic rings. The summed E-state index contributed by atoms with van der Waals surface area (Å²) in [6, 6.07) is 5.23. The molecule has 1 heterocycles. The van der Waals surface area contributed by atoms with Crippen molar-refractivity contribution in [3.63, 3.8) is 0 Å². The van der Waals surface area contributed by atoms with Gasteiger partial charge in [0.25, 0.3) is 0 Å². The number of aryl methyl sites for hydroxylation is 1. The highest BCUT2D eigenvalue weighted by Gasteiger charge is 2.18. The molecule has 0 saturated carbocycles. The van der Waals surface area contributed by atoms with E-state index in [1.165, 1.54) is 6.20 Å². The molecule has 0 aliphatic rings. The molecule has 1 aromatic carbocycles. The van der Waals surface area contributed by atoms with Crippen LogP contribution in [-0.2, 0) is 13.0 Å². The lowest BCUT2D eigenvalue weighted by atomic mass is 10.2. The van der Waals surface area contributed by atoms with E-state index >= 15 is 0 Å². The van der Waals surface area contributed by atoms with Crippen molar-refractivity contribution >= 4 is 29.0 Å². The van der Waals surface area contributed by atoms with E-state index in [0.717, 1.165) is 5.56 Å². The number of rotatable bonds is 4. The zero-order valence-corrected chi connectivity index (χ0v) is 11.6. The number of nitrogens with zero attached hydrogens (tertiary/aromatic N) is 3. The molecule has 2 rings (SSSR count). The molecule has 0 saturated heterocycles. The first kappa shape index (κ1) is 13.8. The van der Waals surface area contributed by atoms with E-state index in [4.69, 9.17) is 23.2 Å². The highest BCUT2D eigenvalue weighted by Crippen LogP contribution is 2.26. The van der Waals surface area contributed by atoms with Gasteiger partial charge in [-0.2, -0.15) is 0 Å². The second-order valence-electron chi connectivity index (χ2n) is 3.95. The van der Waals surface area contributed by atoms with Crippen LogP contribution >= 0.6 is 23.2 Å². The van der Waals surface area contributed by atoms with Crippen molar-refractivity contribution in [2.24, 2.45) is 0 Å². The predicted molar refractivity (Wildman–Crippen MR) is 73.8 cm³/mol. The first-order chi connectivity index (χ1) is 9.02. The molecule has 0 bridgehead atoms. The zero-order valence-electron chi connectivity index (χ0n) is 10.1. The van der Waals surface area contributed by atoms with Gasteiger partial charge in [0, 0.05) is 22.0 Å². The number of imidazole rings is 1. The van der Waals surface area contributed by atoms with Crippen LogP contribution in [0.4, 0.5) is 5.82 Å². The van der Waals surface area contributed by atoms with Gasteiger partial charge < -0.3 is 14.7 Å². The number of hydrogen-bond donors (Lipinski definition) is 0. The molecule has 0 unspecified atom stereocenters. The fourth-order valence-corrected chi connectivity index (χ4v) is 2.32. The predicted octanol–water partition coefficient (Wildman–Crippen LogP) is 3.71. The second-order valence-corrected chi connectivity index (χ2v) is 4.77. The zero-order chi connectivity index (χ0) is 14.0. The summed E-state index contributed by atoms with van der Waals surface area (Å²) in [7, 11) is 0. The smallest absolute Gasteiger partial charge is 0.358 e. The van der Waals surface area contributed by atoms with Crippen LogP contribution in [0.3, 0.4) is 0 Å². The van der Waals surface area contributed by atoms with Crippen molar-refractivity contribution < 1.29 is 4.92 Å². The van der Waals surface area contributed by atoms with Gasteiger partial charge in [0.15, 0.2) is 0 Å². The van der Waals surface area contributed by atoms with Gasteiger partial charge in [-0.25, -0.2) is 0 Å². The molecule has 100 valence electrons. The molecule has 0 aliphatic heterocycles. The van der Waals surface area contributed by atoms with Crippen LogP contribution in [0.15, 0.2) is 24.4 Å². The van der Waals surface area contributed by atoms with Crippen LogP contribution in [0.1, 0.15) is 18.3 Å². The normalized spacial score (nSPS) is 10.7. The van der Waals surface area contributed by atoms with Crippen molar-refractivity contribution in [1.29, 1.82) is 0 Å². The van der Waals surface area contributed by atoms with Crippen LogP contribution in [0.25, 0.3) is 0 Å². The Labute approximate surface area is 119 Å². The summed E-state index contributed by atoms with van der Waals surface area (Å²) in [5, 5.41) is 11.8. The van der Waals surface area contributed by atoms with Crippen LogP contribution in [0.5, 0.6) is 0 Å². The van der Waals surface area contributed by atoms with E-state index in [1.807, 2.05) is 6.92 Å². The summed E-state index contributed by atoms with van der Waals surface area (Å²) in [6.45, 7) is 2.25. The first-order valence-electron chi connectivity index (χ1n) is 5.66. The van der Waals surface area contributed by atoms with Gasteiger partial charge in [0.05, 0.1) is 6.54 Å². The molecule has 5 nitrogen and oxygen atoms in total. The van der Waals surface area contributed by atoms with Gasteiger partial charge >= 0.3 is 5.82 Å². The number of halogens is 2. The third-order valence-electron chi connectivity index (χ3n) is 2.74. The lowest BCUT2D eigenvalue weighted by molar-refractivity contribution is -0.389. The highest BCUT2D eigenvalue weighted by molar-refractivity contribution is 6.35. The Hall–Kier alpha value is -1.59. The minimum atomic E-state index is -0.510. The maximum Gasteiger partial charge on any atom is 0.381 e. The van der Waals surface area contributed by atoms with Crippen LogP contribution in [-0.4, -0.2) is 14.5 Å². The fraction of sp³-hybridized carbons (Fsp3) is 0.250. The molecule has 1 aromatic heterocycles. The highest BCUT2D eigenvalue weighted by atomic mass is 35.5. The second kappa shape index (κ2) is 5.59. The average molecular weight is 300 g/mol. The summed E-state index contributed by atoms with van der Waals surface area (Å²) < 4.78 is 1.70. The standard InChI is InChI=1S/C12H11Cl2N3O2/c1-2-11-15-12(17(18)19)7-16(11)6-8-9(13)4-3-5-10(8)14/h3-5,7H,2,6H2,1H3. The summed E-state index contributed by atoms with van der Waals surface area (Å²) in [5.74, 6) is 0.461. The average Bonchev–Trinajstić information content (AvgIpc) is 2.77. The quantitative estimate of drug-likeness (QED) is 0.638. The van der Waals surface area contributed by atoms with Gasteiger partial charge in [-0.05, 0) is 22.0 Å². The fourth-order valence-electron chi connectivity index (χ4n) is 1.80. The van der Waals surface area contributed by atoms with Crippen LogP contribution < -0.4 is 0 Å². The van der Waals surface area contributed by atoms with Gasteiger partial charge in [0.2, 0.25) is 5.82 Å². The number of hydrogen-bond acceptors (Lipinski definition) is 3. The summed E-state index contributed by atoms with van der Waals surface area (Å²) in [5.41, 5.74) is 0.729. The van der Waals surface area contributed by atoms with Gasteiger partial charge in [-0.1, -0.05) is 36.2 Å². The van der Waals surface area contributed by atoms with E-state index in [9.17, 15) is 10.1 Å². The third kappa shape index (κ3) is 2.88. The molecule has 0 N–H and O–H groups in total. The maximum absolute atomic E-state index is 10.7. The largest absolute Gasteiger partial charge is 0.381 e. The van der Waals surface area contributed by atoms with Crippen molar-refractivity contribution in [2.45, 2.75) is 19.9 Å². The molecular formula is C12H11Cl2N3O2. The number of aromatic nitrogens is 2. The Morgan fingerprint density at radius 3 is 2.53 bits per heavy atom. The summed E-state index contributed by atoms with van der Waals surface area (Å²) >= 11 is 12.2. The minimum absolute atomic E-state index is 0.167. The third-order valence-corrected chi connectivity index (χ3v) is 3.45. The molecule has 0 fully saturated rings. The summed E-state index contributed by atoms with van der Waals surface area (Å²) in [6.07, 6.45) is 1.99. The van der Waals surface area contributed by atoms with Crippen molar-refractivity contribution in [1.82, 2.24) is 9.55 Å². The Kier molecular flexibility index (Phi) is 4.07. The van der Waals surface area contributed by atoms with Crippen molar-refractivity contribution in [2.75, 3.05) is 0 Å². The van der Waals surface area contributed by atoms with E-state index < -0.39 is 4.92 Å². The lowest BCUT2D eigenvalue weighted by Crippen LogP contribution is -2.04. The molecule has 0 spiro atoms. The molecule has 0 amide bonds. The Morgan fingerprint density at radius 1 is 1.37 bits per heavy atom. The van der Waals surface area contributed by atoms with Crippen molar-refractivity contribution in [3.8, 4) is 0 Å². The van der Waals surface area contributed by atoms with E-state index in [-0.39, 0.29) is 5.82 Å².